The maximum absolute atomic E-state index is 13.1. The number of carboxylic acid groups (broad SMARTS) is 1. The number of aliphatic hydroxyl groups is 5. The number of carboxylic acids is 1. The molecule has 2 aromatic carbocycles. The number of hydrogen-bond acceptors (Lipinski definition) is 17. The molecule has 2 aliphatic heterocycles. The van der Waals surface area contributed by atoms with Gasteiger partial charge in [-0.2, -0.15) is 0 Å². The smallest absolute Gasteiger partial charge is 0.370 e. The first-order valence-electron chi connectivity index (χ1n) is 24.7. The van der Waals surface area contributed by atoms with Crippen LogP contribution >= 0.6 is 0 Å². The fourth-order valence-corrected chi connectivity index (χ4v) is 9.00. The first-order chi connectivity index (χ1) is 35.6. The first-order valence-corrected chi connectivity index (χ1v) is 24.7. The van der Waals surface area contributed by atoms with E-state index in [0.29, 0.717) is 66.1 Å². The zero-order chi connectivity index (χ0) is 52.9. The number of aliphatic carboxylic acids is 1. The number of nitrogens with one attached hydrogen (secondary N) is 3. The summed E-state index contributed by atoms with van der Waals surface area (Å²) in [6, 6.07) is 12.2. The van der Waals surface area contributed by atoms with Crippen molar-refractivity contribution in [2.45, 2.75) is 140 Å². The van der Waals surface area contributed by atoms with Gasteiger partial charge in [-0.3, -0.25) is 19.1 Å². The van der Waals surface area contributed by atoms with E-state index in [9.17, 15) is 49.8 Å². The Labute approximate surface area is 426 Å². The Bertz CT molecular complexity index is 2760. The third kappa shape index (κ3) is 13.6. The second-order valence-electron chi connectivity index (χ2n) is 18.5. The fraction of sp³-hybridized carbons (Fsp3) is 0.480. The summed E-state index contributed by atoms with van der Waals surface area (Å²) >= 11 is 0. The molecule has 5 aromatic rings. The summed E-state index contributed by atoms with van der Waals surface area (Å²) in [4.78, 5) is 50.3. The van der Waals surface area contributed by atoms with Crippen molar-refractivity contribution in [2.75, 3.05) is 17.2 Å². The molecule has 24 nitrogen and oxygen atoms in total. The molecule has 0 unspecified atom stereocenters. The van der Waals surface area contributed by atoms with Crippen LogP contribution in [0.3, 0.4) is 0 Å². The van der Waals surface area contributed by atoms with Crippen LogP contribution in [0.1, 0.15) is 89.9 Å². The first kappa shape index (κ1) is 54.4. The Kier molecular flexibility index (Phi) is 18.8. The van der Waals surface area contributed by atoms with E-state index in [1.165, 1.54) is 23.9 Å². The van der Waals surface area contributed by atoms with Crippen molar-refractivity contribution in [3.8, 4) is 22.5 Å². The van der Waals surface area contributed by atoms with Crippen LogP contribution in [0.5, 0.6) is 0 Å². The van der Waals surface area contributed by atoms with E-state index in [-0.39, 0.29) is 37.0 Å². The average Bonchev–Trinajstić information content (AvgIpc) is 4.20. The van der Waals surface area contributed by atoms with Crippen molar-refractivity contribution in [3.63, 3.8) is 0 Å². The van der Waals surface area contributed by atoms with Gasteiger partial charge in [0, 0.05) is 49.6 Å². The number of carbonyl (C=O) groups excluding carboxylic acids is 3. The maximum atomic E-state index is 13.1. The SMILES string of the molecule is CC[C@@H](O)[C@@H](O)[C@@H]1OC=C[C@H](n2cc(-c3ccccc3NC(=O)CCCCc3cn(CCCCCC(=O)Nc4ccccc4-c4cn([C@H]5C=C(C(=O)O)O[C@@H]([C@H](O)[C@H](O)CO)[C@@H]5C)nn4)nn3)nn2)[C@H]1NC(C)=O. The van der Waals surface area contributed by atoms with Crippen LogP contribution in [0.25, 0.3) is 22.5 Å². The number of carbonyl (C=O) groups is 4. The molecule has 0 saturated carbocycles. The Hall–Kier alpha value is -7.38. The Morgan fingerprint density at radius 1 is 0.730 bits per heavy atom. The van der Waals surface area contributed by atoms with Gasteiger partial charge in [-0.15, -0.1) is 15.3 Å². The number of benzene rings is 2. The summed E-state index contributed by atoms with van der Waals surface area (Å²) in [5, 5.41) is 95.4. The Balaban J connectivity index is 0.830. The van der Waals surface area contributed by atoms with Crippen LogP contribution in [0.2, 0.25) is 0 Å². The third-order valence-corrected chi connectivity index (χ3v) is 13.1. The standard InChI is InChI=1S/C50H64N12O12/c1-4-40(65)46(69)49-45(51-30(3)64)38(21-23-73-49)61-26-36(55-58-61)32-15-8-10-17-34(32)53-44(68)20-12-7-14-31-25-60(57-54-31)22-13-5-6-19-43(67)52-35-18-11-9-16-33(35)37-27-62(59-56-37)39-24-42(50(71)72)74-48(29(39)2)47(70)41(66)28-63/h8-11,15-18,21,23-27,29,38-41,45-49,63,65-66,69-70H,4-7,12-14,19-20,22,28H2,1-3H3,(H,51,64)(H,52,67)(H,53,68)(H,71,72)/t29-,38+,39+,40-,41-,45-,46-,47-,48-,49-/m1/s1. The monoisotopic (exact) mass is 1020 g/mol. The van der Waals surface area contributed by atoms with Gasteiger partial charge in [0.2, 0.25) is 23.5 Å². The number of unbranched alkanes of at least 4 members (excludes halogenated alkanes) is 3. The summed E-state index contributed by atoms with van der Waals surface area (Å²) in [7, 11) is 0. The van der Waals surface area contributed by atoms with Crippen LogP contribution in [-0.2, 0) is 41.6 Å². The lowest BCUT2D eigenvalue weighted by molar-refractivity contribution is -0.148. The molecule has 396 valence electrons. The zero-order valence-corrected chi connectivity index (χ0v) is 41.3. The zero-order valence-electron chi connectivity index (χ0n) is 41.3. The van der Waals surface area contributed by atoms with E-state index in [4.69, 9.17) is 9.47 Å². The molecule has 7 rings (SSSR count). The molecular weight excluding hydrogens is 961 g/mol. The molecule has 3 amide bonds. The summed E-state index contributed by atoms with van der Waals surface area (Å²) in [6.45, 7) is 4.65. The molecule has 74 heavy (non-hydrogen) atoms. The average molecular weight is 1030 g/mol. The van der Waals surface area contributed by atoms with Crippen molar-refractivity contribution in [3.05, 3.63) is 97.0 Å². The summed E-state index contributed by atoms with van der Waals surface area (Å²) < 4.78 is 15.9. The molecule has 0 saturated heterocycles. The van der Waals surface area contributed by atoms with Crippen LogP contribution < -0.4 is 16.0 Å². The quantitative estimate of drug-likeness (QED) is 0.0380. The van der Waals surface area contributed by atoms with Gasteiger partial charge in [-0.1, -0.05) is 72.3 Å². The molecule has 9 N–H and O–H groups in total. The second kappa shape index (κ2) is 25.5. The highest BCUT2D eigenvalue weighted by Gasteiger charge is 2.43. The van der Waals surface area contributed by atoms with Crippen molar-refractivity contribution in [1.82, 2.24) is 50.3 Å². The number of aromatic nitrogens is 9. The van der Waals surface area contributed by atoms with E-state index in [0.717, 1.165) is 18.5 Å². The van der Waals surface area contributed by atoms with Gasteiger partial charge in [0.25, 0.3) is 0 Å². The van der Waals surface area contributed by atoms with Crippen LogP contribution in [-0.4, -0.2) is 149 Å². The predicted molar refractivity (Wildman–Crippen MR) is 265 cm³/mol. The highest BCUT2D eigenvalue weighted by molar-refractivity contribution is 5.95. The third-order valence-electron chi connectivity index (χ3n) is 13.1. The van der Waals surface area contributed by atoms with Crippen molar-refractivity contribution >= 4 is 35.1 Å². The number of aryl methyl sites for hydroxylation is 2. The van der Waals surface area contributed by atoms with Gasteiger partial charge in [0.05, 0.1) is 66.6 Å². The van der Waals surface area contributed by atoms with Crippen molar-refractivity contribution < 1.29 is 59.3 Å². The minimum absolute atomic E-state index is 0.173. The number of nitrogens with zero attached hydrogens (tertiary/aromatic N) is 9. The molecule has 0 radical (unpaired) electrons. The largest absolute Gasteiger partial charge is 0.493 e. The van der Waals surface area contributed by atoms with Crippen molar-refractivity contribution in [2.24, 2.45) is 5.92 Å². The molecule has 3 aromatic heterocycles. The number of ether oxygens (including phenoxy) is 2. The number of anilines is 2. The lowest BCUT2D eigenvalue weighted by Crippen LogP contribution is -2.56. The van der Waals surface area contributed by atoms with Gasteiger partial charge >= 0.3 is 5.97 Å². The molecule has 0 fully saturated rings. The van der Waals surface area contributed by atoms with Gasteiger partial charge < -0.3 is 56.1 Å². The van der Waals surface area contributed by atoms with Gasteiger partial charge in [0.15, 0.2) is 0 Å². The van der Waals surface area contributed by atoms with E-state index in [1.54, 1.807) is 78.1 Å². The van der Waals surface area contributed by atoms with E-state index in [2.05, 4.69) is 46.9 Å². The number of hydrogen-bond donors (Lipinski definition) is 9. The van der Waals surface area contributed by atoms with Crippen molar-refractivity contribution in [1.29, 1.82) is 0 Å². The highest BCUT2D eigenvalue weighted by atomic mass is 16.5. The number of allylic oxidation sites excluding steroid dienone is 1. The Morgan fingerprint density at radius 3 is 1.92 bits per heavy atom. The molecule has 2 aliphatic rings. The van der Waals surface area contributed by atoms with Crippen LogP contribution in [0.15, 0.2) is 91.3 Å². The summed E-state index contributed by atoms with van der Waals surface area (Å²) in [6.07, 6.45) is 6.97. The summed E-state index contributed by atoms with van der Waals surface area (Å²) in [5.41, 5.74) is 3.97. The molecular formula is C50H64N12O12. The molecule has 5 heterocycles. The molecule has 10 atom stereocenters. The van der Waals surface area contributed by atoms with E-state index >= 15 is 0 Å². The second-order valence-corrected chi connectivity index (χ2v) is 18.5. The number of rotatable bonds is 25. The highest BCUT2D eigenvalue weighted by Crippen LogP contribution is 2.36. The topological polar surface area (TPSA) is 336 Å². The number of para-hydroxylation sites is 2. The number of aliphatic hydroxyl groups excluding tert-OH is 5. The van der Waals surface area contributed by atoms with Gasteiger partial charge in [-0.25, -0.2) is 14.2 Å². The Morgan fingerprint density at radius 2 is 1.32 bits per heavy atom. The maximum Gasteiger partial charge on any atom is 0.370 e. The molecule has 24 heteroatoms. The molecule has 0 spiro atoms. The fourth-order valence-electron chi connectivity index (χ4n) is 9.00. The predicted octanol–water partition coefficient (Wildman–Crippen LogP) is 2.69. The number of amides is 3. The molecule has 0 bridgehead atoms. The minimum Gasteiger partial charge on any atom is -0.493 e. The summed E-state index contributed by atoms with van der Waals surface area (Å²) in [5.74, 6) is -3.12. The van der Waals surface area contributed by atoms with Crippen LogP contribution in [0, 0.1) is 5.92 Å². The van der Waals surface area contributed by atoms with Crippen LogP contribution in [0.4, 0.5) is 11.4 Å². The minimum atomic E-state index is -1.58. The van der Waals surface area contributed by atoms with Gasteiger partial charge in [-0.05, 0) is 62.8 Å². The lowest BCUT2D eigenvalue weighted by Gasteiger charge is -2.38. The van der Waals surface area contributed by atoms with E-state index in [1.807, 2.05) is 18.3 Å². The van der Waals surface area contributed by atoms with E-state index < -0.39 is 79.0 Å². The molecule has 0 aliphatic carbocycles. The van der Waals surface area contributed by atoms with Gasteiger partial charge in [0.1, 0.15) is 41.9 Å². The lowest BCUT2D eigenvalue weighted by atomic mass is 9.87. The normalized spacial score (nSPS) is 21.1.